The van der Waals surface area contributed by atoms with Crippen LogP contribution in [0.3, 0.4) is 0 Å². The predicted octanol–water partition coefficient (Wildman–Crippen LogP) is 2.33. The normalized spacial score (nSPS) is 18.2. The number of nitrogens with two attached hydrogens (primary N) is 1. The van der Waals surface area contributed by atoms with Crippen molar-refractivity contribution >= 4 is 24.7 Å². The van der Waals surface area contributed by atoms with Crippen molar-refractivity contribution in [3.63, 3.8) is 0 Å². The molecule has 6 nitrogen and oxygen atoms in total. The Morgan fingerprint density at radius 1 is 1.19 bits per heavy atom. The largest absolute Gasteiger partial charge is 0.480 e. The summed E-state index contributed by atoms with van der Waals surface area (Å²) < 4.78 is 0. The molecular weight excluding hydrogens is 366 g/mol. The van der Waals surface area contributed by atoms with Gasteiger partial charge in [0.15, 0.2) is 0 Å². The van der Waals surface area contributed by atoms with E-state index in [4.69, 9.17) is 27.4 Å². The Morgan fingerprint density at radius 2 is 1.81 bits per heavy atom. The summed E-state index contributed by atoms with van der Waals surface area (Å²) in [5, 5.41) is 28.0. The van der Waals surface area contributed by atoms with Gasteiger partial charge in [0.1, 0.15) is 5.54 Å². The molecule has 0 bridgehead atoms. The third-order valence-corrected chi connectivity index (χ3v) is 5.82. The number of benzene rings is 1. The number of piperidine rings is 1. The summed E-state index contributed by atoms with van der Waals surface area (Å²) in [7, 11) is -1.34. The molecule has 1 aromatic carbocycles. The van der Waals surface area contributed by atoms with E-state index in [-0.39, 0.29) is 6.32 Å². The van der Waals surface area contributed by atoms with E-state index in [1.165, 1.54) is 5.56 Å². The lowest BCUT2D eigenvalue weighted by atomic mass is 9.81. The van der Waals surface area contributed by atoms with Crippen molar-refractivity contribution in [3.05, 3.63) is 34.9 Å². The number of nitrogens with zero attached hydrogens (tertiary/aromatic N) is 1. The molecule has 150 valence electrons. The van der Waals surface area contributed by atoms with E-state index in [2.05, 4.69) is 17.0 Å². The van der Waals surface area contributed by atoms with Crippen LogP contribution in [0.4, 0.5) is 0 Å². The van der Waals surface area contributed by atoms with Gasteiger partial charge < -0.3 is 25.8 Å². The topological polar surface area (TPSA) is 107 Å². The molecular formula is C19H30BClN2O4. The third-order valence-electron chi connectivity index (χ3n) is 5.56. The van der Waals surface area contributed by atoms with Gasteiger partial charge in [0.05, 0.1) is 0 Å². The van der Waals surface area contributed by atoms with Gasteiger partial charge in [-0.25, -0.2) is 0 Å². The van der Waals surface area contributed by atoms with E-state index in [1.807, 2.05) is 12.1 Å². The molecule has 8 heteroatoms. The Balaban J connectivity index is 1.77. The number of carboxylic acids is 1. The van der Waals surface area contributed by atoms with Crippen molar-refractivity contribution < 1.29 is 19.9 Å². The first kappa shape index (κ1) is 22.2. The molecule has 0 saturated carbocycles. The van der Waals surface area contributed by atoms with Gasteiger partial charge in [-0.05, 0) is 68.7 Å². The van der Waals surface area contributed by atoms with Crippen LogP contribution in [0.5, 0.6) is 0 Å². The fraction of sp³-hybridized carbons (Fsp3) is 0.632. The zero-order valence-electron chi connectivity index (χ0n) is 15.7. The molecule has 1 atom stereocenters. The summed E-state index contributed by atoms with van der Waals surface area (Å²) in [5.74, 6) is -0.464. The number of hydrogen-bond donors (Lipinski definition) is 4. The van der Waals surface area contributed by atoms with Crippen molar-refractivity contribution in [1.29, 1.82) is 0 Å². The van der Waals surface area contributed by atoms with Crippen LogP contribution in [0.15, 0.2) is 24.3 Å². The van der Waals surface area contributed by atoms with Crippen LogP contribution in [0.2, 0.25) is 11.3 Å². The lowest BCUT2D eigenvalue weighted by Crippen LogP contribution is -2.50. The lowest BCUT2D eigenvalue weighted by molar-refractivity contribution is -0.144. The second-order valence-electron chi connectivity index (χ2n) is 7.61. The maximum absolute atomic E-state index is 11.6. The van der Waals surface area contributed by atoms with Crippen LogP contribution >= 0.6 is 11.6 Å². The Labute approximate surface area is 166 Å². The molecule has 27 heavy (non-hydrogen) atoms. The molecule has 1 unspecified atom stereocenters. The van der Waals surface area contributed by atoms with Gasteiger partial charge in [0.25, 0.3) is 0 Å². The Kier molecular flexibility index (Phi) is 8.57. The number of halogens is 1. The fourth-order valence-electron chi connectivity index (χ4n) is 3.69. The highest BCUT2D eigenvalue weighted by Gasteiger charge is 2.34. The summed E-state index contributed by atoms with van der Waals surface area (Å²) in [6, 6.07) is 8.02. The highest BCUT2D eigenvalue weighted by molar-refractivity contribution is 6.40. The standard InChI is InChI=1S/C19H30BClN2O4/c21-17-5-3-15(4-6-17)16-7-12-23(13-8-16)14-10-19(22,18(24)25)9-1-2-11-20(26)27/h3-6,16,26-27H,1-2,7-14,22H2,(H,24,25). The highest BCUT2D eigenvalue weighted by atomic mass is 35.5. The maximum Gasteiger partial charge on any atom is 0.451 e. The molecule has 0 amide bonds. The first-order valence-corrected chi connectivity index (χ1v) is 10.0. The Bertz CT molecular complexity index is 594. The number of aliphatic carboxylic acids is 1. The summed E-state index contributed by atoms with van der Waals surface area (Å²) in [6.07, 6.45) is 4.19. The Morgan fingerprint density at radius 3 is 2.37 bits per heavy atom. The predicted molar refractivity (Wildman–Crippen MR) is 108 cm³/mol. The second-order valence-corrected chi connectivity index (χ2v) is 8.04. The molecule has 2 rings (SSSR count). The van der Waals surface area contributed by atoms with Crippen LogP contribution in [0.25, 0.3) is 0 Å². The van der Waals surface area contributed by atoms with Crippen molar-refractivity contribution in [2.45, 2.75) is 56.3 Å². The monoisotopic (exact) mass is 396 g/mol. The number of hydrogen-bond acceptors (Lipinski definition) is 5. The lowest BCUT2D eigenvalue weighted by Gasteiger charge is -2.34. The van der Waals surface area contributed by atoms with E-state index in [9.17, 15) is 9.90 Å². The summed E-state index contributed by atoms with van der Waals surface area (Å²) >= 11 is 5.95. The second kappa shape index (κ2) is 10.4. The van der Waals surface area contributed by atoms with Gasteiger partial charge in [0, 0.05) is 11.6 Å². The first-order chi connectivity index (χ1) is 12.8. The van der Waals surface area contributed by atoms with Crippen LogP contribution in [-0.2, 0) is 4.79 Å². The smallest absolute Gasteiger partial charge is 0.451 e. The van der Waals surface area contributed by atoms with Gasteiger partial charge in [-0.1, -0.05) is 36.6 Å². The minimum Gasteiger partial charge on any atom is -0.480 e. The number of carbonyl (C=O) groups is 1. The van der Waals surface area contributed by atoms with Crippen molar-refractivity contribution in [3.8, 4) is 0 Å². The molecule has 0 spiro atoms. The van der Waals surface area contributed by atoms with Crippen LogP contribution in [0, 0.1) is 0 Å². The molecule has 1 heterocycles. The number of unbranched alkanes of at least 4 members (excludes halogenated alkanes) is 1. The van der Waals surface area contributed by atoms with Crippen molar-refractivity contribution in [1.82, 2.24) is 4.90 Å². The van der Waals surface area contributed by atoms with Crippen LogP contribution < -0.4 is 5.73 Å². The first-order valence-electron chi connectivity index (χ1n) is 9.66. The summed E-state index contributed by atoms with van der Waals surface area (Å²) in [4.78, 5) is 13.9. The minimum atomic E-state index is -1.34. The molecule has 0 aromatic heterocycles. The van der Waals surface area contributed by atoms with E-state index >= 15 is 0 Å². The zero-order valence-corrected chi connectivity index (χ0v) is 16.4. The summed E-state index contributed by atoms with van der Waals surface area (Å²) in [6.45, 7) is 2.53. The Hall–Kier alpha value is -1.12. The molecule has 1 fully saturated rings. The van der Waals surface area contributed by atoms with E-state index in [0.717, 1.165) is 31.0 Å². The van der Waals surface area contributed by atoms with E-state index in [1.54, 1.807) is 0 Å². The molecule has 1 aromatic rings. The highest BCUT2D eigenvalue weighted by Crippen LogP contribution is 2.29. The minimum absolute atomic E-state index is 0.244. The van der Waals surface area contributed by atoms with Gasteiger partial charge >= 0.3 is 13.1 Å². The van der Waals surface area contributed by atoms with Crippen LogP contribution in [-0.4, -0.2) is 58.3 Å². The number of carboxylic acid groups (broad SMARTS) is 1. The fourth-order valence-corrected chi connectivity index (χ4v) is 3.81. The van der Waals surface area contributed by atoms with Crippen molar-refractivity contribution in [2.75, 3.05) is 19.6 Å². The van der Waals surface area contributed by atoms with Gasteiger partial charge in [-0.2, -0.15) is 0 Å². The average molecular weight is 397 g/mol. The third kappa shape index (κ3) is 7.09. The average Bonchev–Trinajstić information content (AvgIpc) is 2.64. The molecule has 0 radical (unpaired) electrons. The SMILES string of the molecule is NC(CCCCB(O)O)(CCN1CCC(c2ccc(Cl)cc2)CC1)C(=O)O. The van der Waals surface area contributed by atoms with Gasteiger partial charge in [-0.15, -0.1) is 0 Å². The van der Waals surface area contributed by atoms with Crippen LogP contribution in [0.1, 0.15) is 50.0 Å². The molecule has 0 aliphatic carbocycles. The summed E-state index contributed by atoms with van der Waals surface area (Å²) in [5.41, 5.74) is 6.20. The molecule has 5 N–H and O–H groups in total. The quantitative estimate of drug-likeness (QED) is 0.357. The molecule has 1 aliphatic heterocycles. The number of likely N-dealkylation sites (tertiary alicyclic amines) is 1. The zero-order chi connectivity index (χ0) is 19.9. The van der Waals surface area contributed by atoms with E-state index < -0.39 is 18.6 Å². The van der Waals surface area contributed by atoms with Gasteiger partial charge in [-0.3, -0.25) is 4.79 Å². The number of rotatable bonds is 10. The van der Waals surface area contributed by atoms with Gasteiger partial charge in [0.2, 0.25) is 0 Å². The van der Waals surface area contributed by atoms with Crippen molar-refractivity contribution in [2.24, 2.45) is 5.73 Å². The molecule has 1 aliphatic rings. The van der Waals surface area contributed by atoms with E-state index in [0.29, 0.717) is 38.1 Å². The molecule has 1 saturated heterocycles. The maximum atomic E-state index is 11.6.